The molecule has 2 heterocycles. The first kappa shape index (κ1) is 20.5. The summed E-state index contributed by atoms with van der Waals surface area (Å²) in [5, 5.41) is 2.73. The molecule has 3 heteroatoms. The zero-order chi connectivity index (χ0) is 23.4. The van der Waals surface area contributed by atoms with E-state index in [0.29, 0.717) is 0 Å². The van der Waals surface area contributed by atoms with E-state index in [-0.39, 0.29) is 6.71 Å². The third-order valence-corrected chi connectivity index (χ3v) is 10.6. The summed E-state index contributed by atoms with van der Waals surface area (Å²) in [5.41, 5.74) is 8.45. The van der Waals surface area contributed by atoms with Gasteiger partial charge in [0.2, 0.25) is 6.71 Å². The fourth-order valence-electron chi connectivity index (χ4n) is 5.97. The van der Waals surface area contributed by atoms with E-state index >= 15 is 4.57 Å². The van der Waals surface area contributed by atoms with Gasteiger partial charge in [0.05, 0.1) is 0 Å². The van der Waals surface area contributed by atoms with Crippen LogP contribution in [0.15, 0.2) is 133 Å². The van der Waals surface area contributed by atoms with Gasteiger partial charge in [-0.1, -0.05) is 150 Å². The van der Waals surface area contributed by atoms with Crippen LogP contribution in [-0.2, 0) is 4.57 Å². The van der Waals surface area contributed by atoms with Crippen LogP contribution in [0.3, 0.4) is 0 Å². The second-order valence-electron chi connectivity index (χ2n) is 9.20. The van der Waals surface area contributed by atoms with Crippen molar-refractivity contribution in [3.8, 4) is 0 Å². The maximum absolute atomic E-state index is 15.5. The van der Waals surface area contributed by atoms with E-state index in [4.69, 9.17) is 0 Å². The molecule has 1 nitrogen and oxygen atoms in total. The number of hydrogen-bond acceptors (Lipinski definition) is 1. The summed E-state index contributed by atoms with van der Waals surface area (Å²) < 4.78 is 15.5. The van der Waals surface area contributed by atoms with E-state index in [1.165, 1.54) is 27.5 Å². The van der Waals surface area contributed by atoms with Gasteiger partial charge in [-0.05, 0) is 22.3 Å². The normalized spacial score (nSPS) is 17.8. The van der Waals surface area contributed by atoms with E-state index in [0.717, 1.165) is 27.0 Å². The molecule has 1 unspecified atom stereocenters. The lowest BCUT2D eigenvalue weighted by Crippen LogP contribution is -2.42. The molecule has 5 aromatic carbocycles. The van der Waals surface area contributed by atoms with Gasteiger partial charge in [0.25, 0.3) is 0 Å². The van der Waals surface area contributed by atoms with Crippen LogP contribution in [0.5, 0.6) is 0 Å². The predicted molar refractivity (Wildman–Crippen MR) is 150 cm³/mol. The Morgan fingerprint density at radius 2 is 1.00 bits per heavy atom. The summed E-state index contributed by atoms with van der Waals surface area (Å²) >= 11 is 0. The van der Waals surface area contributed by atoms with E-state index in [1.807, 2.05) is 42.5 Å². The van der Waals surface area contributed by atoms with Crippen molar-refractivity contribution in [2.45, 2.75) is 0 Å². The molecule has 0 aromatic heterocycles. The molecule has 7 rings (SSSR count). The van der Waals surface area contributed by atoms with Crippen LogP contribution in [0.2, 0.25) is 0 Å². The van der Waals surface area contributed by atoms with Gasteiger partial charge in [0.15, 0.2) is 7.14 Å². The van der Waals surface area contributed by atoms with E-state index < -0.39 is 7.14 Å². The number of hydrogen-bond donors (Lipinski definition) is 0. The van der Waals surface area contributed by atoms with Crippen LogP contribution in [0.25, 0.3) is 11.0 Å². The van der Waals surface area contributed by atoms with Crippen LogP contribution in [-0.4, -0.2) is 6.71 Å². The Morgan fingerprint density at radius 3 is 1.71 bits per heavy atom. The number of fused-ring (bicyclic) bond motifs is 6. The van der Waals surface area contributed by atoms with Gasteiger partial charge >= 0.3 is 0 Å². The van der Waals surface area contributed by atoms with Gasteiger partial charge in [0.1, 0.15) is 0 Å². The minimum Gasteiger partial charge on any atom is -0.309 e. The molecule has 0 saturated carbocycles. The summed E-state index contributed by atoms with van der Waals surface area (Å²) in [6.07, 6.45) is 0. The first-order valence-corrected chi connectivity index (χ1v) is 13.7. The van der Waals surface area contributed by atoms with Gasteiger partial charge in [-0.25, -0.2) is 0 Å². The van der Waals surface area contributed by atoms with Crippen molar-refractivity contribution in [3.63, 3.8) is 0 Å². The van der Waals surface area contributed by atoms with Crippen LogP contribution < -0.4 is 26.8 Å². The minimum atomic E-state index is -3.11. The second kappa shape index (κ2) is 7.84. The standard InChI is InChI=1S/C32H22BOP/c34-35(24-15-5-2-6-16-24)29-21-11-8-18-26(29)31-25-17-7-10-20-28(25)33(23-13-3-1-4-14-23)32(31)27-19-9-12-22-30(27)35/h1-22H. The van der Waals surface area contributed by atoms with E-state index in [2.05, 4.69) is 91.0 Å². The third-order valence-electron chi connectivity index (χ3n) is 7.40. The first-order valence-electron chi connectivity index (χ1n) is 12.0. The van der Waals surface area contributed by atoms with Gasteiger partial charge in [-0.15, -0.1) is 0 Å². The van der Waals surface area contributed by atoms with Crippen molar-refractivity contribution in [1.82, 2.24) is 0 Å². The Hall–Kier alpha value is -3.87. The van der Waals surface area contributed by atoms with Crippen LogP contribution in [0.1, 0.15) is 16.7 Å². The second-order valence-corrected chi connectivity index (χ2v) is 11.9. The molecule has 0 radical (unpaired) electrons. The summed E-state index contributed by atoms with van der Waals surface area (Å²) in [5.74, 6) is 0. The molecule has 164 valence electrons. The van der Waals surface area contributed by atoms with Crippen LogP contribution in [0.4, 0.5) is 0 Å². The molecule has 0 fully saturated rings. The highest BCUT2D eigenvalue weighted by Crippen LogP contribution is 2.51. The molecule has 0 amide bonds. The topological polar surface area (TPSA) is 17.1 Å². The van der Waals surface area contributed by atoms with E-state index in [9.17, 15) is 0 Å². The van der Waals surface area contributed by atoms with Gasteiger partial charge in [0, 0.05) is 15.9 Å². The molecule has 2 aliphatic heterocycles. The Morgan fingerprint density at radius 1 is 0.486 bits per heavy atom. The maximum atomic E-state index is 15.5. The zero-order valence-electron chi connectivity index (χ0n) is 19.1. The smallest absolute Gasteiger partial charge is 0.243 e. The molecule has 5 aromatic rings. The minimum absolute atomic E-state index is 0.0823. The van der Waals surface area contributed by atoms with Gasteiger partial charge < -0.3 is 4.57 Å². The Kier molecular flexibility index (Phi) is 4.59. The van der Waals surface area contributed by atoms with Crippen molar-refractivity contribution < 1.29 is 4.57 Å². The lowest BCUT2D eigenvalue weighted by atomic mass is 9.37. The highest BCUT2D eigenvalue weighted by atomic mass is 31.2. The Balaban J connectivity index is 1.66. The largest absolute Gasteiger partial charge is 0.309 e. The summed E-state index contributed by atoms with van der Waals surface area (Å²) in [6, 6.07) is 46.2. The molecule has 2 aliphatic rings. The molecule has 0 spiro atoms. The van der Waals surface area contributed by atoms with Crippen molar-refractivity contribution in [1.29, 1.82) is 0 Å². The van der Waals surface area contributed by atoms with Crippen molar-refractivity contribution in [2.75, 3.05) is 0 Å². The molecule has 0 bridgehead atoms. The molecule has 0 N–H and O–H groups in total. The quantitative estimate of drug-likeness (QED) is 0.272. The molecular formula is C32H22BOP. The van der Waals surface area contributed by atoms with Crippen LogP contribution >= 0.6 is 7.14 Å². The summed E-state index contributed by atoms with van der Waals surface area (Å²) in [6.45, 7) is 0.0823. The highest BCUT2D eigenvalue weighted by molar-refractivity contribution is 7.85. The fourth-order valence-corrected chi connectivity index (χ4v) is 9.03. The lowest BCUT2D eigenvalue weighted by molar-refractivity contribution is 0.592. The molecule has 0 saturated heterocycles. The highest BCUT2D eigenvalue weighted by Gasteiger charge is 2.44. The van der Waals surface area contributed by atoms with Crippen molar-refractivity contribution in [2.24, 2.45) is 0 Å². The fraction of sp³-hybridized carbons (Fsp3) is 0. The van der Waals surface area contributed by atoms with Crippen LogP contribution in [0, 0.1) is 0 Å². The Bertz CT molecular complexity index is 1670. The molecule has 1 atom stereocenters. The monoisotopic (exact) mass is 464 g/mol. The Labute approximate surface area is 206 Å². The van der Waals surface area contributed by atoms with Crippen molar-refractivity contribution >= 4 is 51.7 Å². The van der Waals surface area contributed by atoms with E-state index in [1.54, 1.807) is 0 Å². The number of benzene rings is 5. The average molecular weight is 464 g/mol. The summed E-state index contributed by atoms with van der Waals surface area (Å²) in [4.78, 5) is 0. The average Bonchev–Trinajstić information content (AvgIpc) is 3.24. The molecule has 35 heavy (non-hydrogen) atoms. The summed E-state index contributed by atoms with van der Waals surface area (Å²) in [7, 11) is -3.11. The third kappa shape index (κ3) is 2.87. The SMILES string of the molecule is O=P1(c2ccccc2)c2ccccc2C2=C(c3ccccc3B2c2ccccc2)c2ccccc21. The molecular weight excluding hydrogens is 442 g/mol. The molecule has 0 aliphatic carbocycles. The lowest BCUT2D eigenvalue weighted by Gasteiger charge is -2.24. The number of rotatable bonds is 2. The predicted octanol–water partition coefficient (Wildman–Crippen LogP) is 4.76. The maximum Gasteiger partial charge on any atom is 0.243 e. The van der Waals surface area contributed by atoms with Gasteiger partial charge in [-0.3, -0.25) is 0 Å². The zero-order valence-corrected chi connectivity index (χ0v) is 20.0. The van der Waals surface area contributed by atoms with Crippen molar-refractivity contribution in [3.05, 3.63) is 150 Å². The van der Waals surface area contributed by atoms with Gasteiger partial charge in [-0.2, -0.15) is 0 Å². The first-order chi connectivity index (χ1) is 17.3.